The highest BCUT2D eigenvalue weighted by atomic mass is 32.1. The molecule has 5 heteroatoms. The predicted molar refractivity (Wildman–Crippen MR) is 225 cm³/mol. The normalized spacial score (nSPS) is 11.7. The zero-order valence-corrected chi connectivity index (χ0v) is 29.8. The van der Waals surface area contributed by atoms with Crippen molar-refractivity contribution in [2.24, 2.45) is 0 Å². The third-order valence-electron chi connectivity index (χ3n) is 10.3. The van der Waals surface area contributed by atoms with E-state index in [0.29, 0.717) is 11.5 Å². The second-order valence-electron chi connectivity index (χ2n) is 13.5. The van der Waals surface area contributed by atoms with Gasteiger partial charge in [0.25, 0.3) is 0 Å². The van der Waals surface area contributed by atoms with E-state index < -0.39 is 0 Å². The predicted octanol–water partition coefficient (Wildman–Crippen LogP) is 14.6. The van der Waals surface area contributed by atoms with Crippen molar-refractivity contribution in [1.29, 1.82) is 0 Å². The van der Waals surface area contributed by atoms with Crippen LogP contribution in [0.15, 0.2) is 191 Å². The molecule has 8 aromatic carbocycles. The first-order valence-electron chi connectivity index (χ1n) is 18.0. The zero-order chi connectivity index (χ0) is 35.6. The fourth-order valence-electron chi connectivity index (χ4n) is 7.77. The molecule has 0 radical (unpaired) electrons. The minimum Gasteiger partial charge on any atom is -0.456 e. The number of hydrogen-bond acceptors (Lipinski definition) is 5. The first-order valence-corrected chi connectivity index (χ1v) is 18.8. The average molecular weight is 711 g/mol. The third kappa shape index (κ3) is 5.01. The van der Waals surface area contributed by atoms with Crippen LogP contribution >= 0.6 is 11.3 Å². The molecule has 11 aromatic rings. The zero-order valence-electron chi connectivity index (χ0n) is 28.9. The van der Waals surface area contributed by atoms with Crippen molar-refractivity contribution >= 4 is 81.6 Å². The Balaban J connectivity index is 0.972. The Morgan fingerprint density at radius 1 is 0.426 bits per heavy atom. The number of furan rings is 1. The smallest absolute Gasteiger partial charge is 0.227 e. The number of rotatable bonds is 6. The van der Waals surface area contributed by atoms with Gasteiger partial charge in [-0.3, -0.25) is 0 Å². The van der Waals surface area contributed by atoms with Crippen molar-refractivity contribution in [1.82, 2.24) is 4.98 Å². The molecule has 0 saturated heterocycles. The number of nitrogens with zero attached hydrogens (tertiary/aromatic N) is 2. The van der Waals surface area contributed by atoms with Crippen molar-refractivity contribution in [2.75, 3.05) is 4.90 Å². The minimum absolute atomic E-state index is 0.601. The van der Waals surface area contributed by atoms with E-state index in [1.165, 1.54) is 31.3 Å². The van der Waals surface area contributed by atoms with Crippen LogP contribution in [-0.4, -0.2) is 4.98 Å². The van der Waals surface area contributed by atoms with E-state index in [-0.39, 0.29) is 0 Å². The molecule has 254 valence electrons. The fraction of sp³-hybridized carbons (Fsp3) is 0. The molecule has 54 heavy (non-hydrogen) atoms. The molecule has 0 amide bonds. The van der Waals surface area contributed by atoms with Gasteiger partial charge >= 0.3 is 0 Å². The first kappa shape index (κ1) is 30.7. The molecule has 0 aliphatic heterocycles. The van der Waals surface area contributed by atoms with Gasteiger partial charge in [0, 0.05) is 59.6 Å². The van der Waals surface area contributed by atoms with Gasteiger partial charge in [0.15, 0.2) is 5.58 Å². The quantitative estimate of drug-likeness (QED) is 0.172. The number of fused-ring (bicyclic) bond motifs is 7. The van der Waals surface area contributed by atoms with E-state index in [1.807, 2.05) is 53.8 Å². The van der Waals surface area contributed by atoms with E-state index in [0.717, 1.165) is 61.2 Å². The summed E-state index contributed by atoms with van der Waals surface area (Å²) in [7, 11) is 0. The van der Waals surface area contributed by atoms with Crippen LogP contribution < -0.4 is 4.90 Å². The number of aromatic nitrogens is 1. The maximum Gasteiger partial charge on any atom is 0.227 e. The standard InChI is InChI=1S/C49H30N2O2S/c1-3-11-33(12-4-1)49-50-42-29-41-44(30-45(42)53-49)52-43-19-10-16-37(47(41)43)31-21-25-35(26-22-31)51(34-13-5-2-6-14-34)36-27-23-32(24-28-36)38-17-9-18-40-39-15-7-8-20-46(39)54-48(38)40/h1-30H. The molecule has 0 atom stereocenters. The Morgan fingerprint density at radius 2 is 1.06 bits per heavy atom. The van der Waals surface area contributed by atoms with E-state index in [2.05, 4.69) is 144 Å². The lowest BCUT2D eigenvalue weighted by Gasteiger charge is -2.26. The number of para-hydroxylation sites is 1. The molecule has 11 rings (SSSR count). The fourth-order valence-corrected chi connectivity index (χ4v) is 9.01. The molecule has 0 saturated carbocycles. The highest BCUT2D eigenvalue weighted by Gasteiger charge is 2.18. The number of benzene rings is 8. The van der Waals surface area contributed by atoms with E-state index in [4.69, 9.17) is 13.8 Å². The SMILES string of the molecule is c1ccc(-c2nc3cc4c(cc3o2)oc2cccc(-c3ccc(N(c5ccccc5)c5ccc(-c6cccc7c6sc6ccccc67)cc5)cc3)c24)cc1. The van der Waals surface area contributed by atoms with Crippen LogP contribution in [0.5, 0.6) is 0 Å². The molecular formula is C49H30N2O2S. The second kappa shape index (κ2) is 12.3. The van der Waals surface area contributed by atoms with Gasteiger partial charge in [0.2, 0.25) is 5.89 Å². The molecule has 0 unspecified atom stereocenters. The largest absolute Gasteiger partial charge is 0.456 e. The second-order valence-corrected chi connectivity index (χ2v) is 14.6. The maximum atomic E-state index is 6.40. The summed E-state index contributed by atoms with van der Waals surface area (Å²) >= 11 is 1.87. The molecular weight excluding hydrogens is 681 g/mol. The molecule has 4 nitrogen and oxygen atoms in total. The topological polar surface area (TPSA) is 42.4 Å². The van der Waals surface area contributed by atoms with Gasteiger partial charge in [-0.05, 0) is 89.0 Å². The summed E-state index contributed by atoms with van der Waals surface area (Å²) in [5.41, 5.74) is 12.0. The molecule has 0 spiro atoms. The van der Waals surface area contributed by atoms with Gasteiger partial charge in [-0.15, -0.1) is 11.3 Å². The lowest BCUT2D eigenvalue weighted by molar-refractivity contribution is 0.617. The summed E-state index contributed by atoms with van der Waals surface area (Å²) in [6, 6.07) is 63.9. The number of thiophene rings is 1. The molecule has 0 aliphatic carbocycles. The molecule has 3 heterocycles. The molecule has 0 bridgehead atoms. The summed E-state index contributed by atoms with van der Waals surface area (Å²) in [6.45, 7) is 0. The highest BCUT2D eigenvalue weighted by Crippen LogP contribution is 2.43. The Bertz CT molecular complexity index is 3140. The summed E-state index contributed by atoms with van der Waals surface area (Å²) in [5, 5.41) is 4.71. The Morgan fingerprint density at radius 3 is 1.83 bits per heavy atom. The van der Waals surface area contributed by atoms with Crippen molar-refractivity contribution in [3.05, 3.63) is 182 Å². The molecule has 0 fully saturated rings. The van der Waals surface area contributed by atoms with Gasteiger partial charge in [-0.1, -0.05) is 109 Å². The van der Waals surface area contributed by atoms with Gasteiger partial charge in [0.1, 0.15) is 16.7 Å². The van der Waals surface area contributed by atoms with Crippen molar-refractivity contribution in [3.8, 4) is 33.7 Å². The summed E-state index contributed by atoms with van der Waals surface area (Å²) < 4.78 is 15.2. The van der Waals surface area contributed by atoms with Crippen LogP contribution in [0, 0.1) is 0 Å². The Labute approximate surface area is 314 Å². The van der Waals surface area contributed by atoms with Crippen LogP contribution in [0.2, 0.25) is 0 Å². The van der Waals surface area contributed by atoms with Gasteiger partial charge in [0.05, 0.1) is 0 Å². The van der Waals surface area contributed by atoms with Gasteiger partial charge in [-0.25, -0.2) is 4.98 Å². The van der Waals surface area contributed by atoms with Crippen molar-refractivity contribution in [2.45, 2.75) is 0 Å². The average Bonchev–Trinajstić information content (AvgIpc) is 3.94. The van der Waals surface area contributed by atoms with Crippen LogP contribution in [0.4, 0.5) is 17.1 Å². The van der Waals surface area contributed by atoms with Crippen LogP contribution in [0.3, 0.4) is 0 Å². The van der Waals surface area contributed by atoms with E-state index in [9.17, 15) is 0 Å². The number of anilines is 3. The summed E-state index contributed by atoms with van der Waals surface area (Å²) in [6.07, 6.45) is 0. The Kier molecular flexibility index (Phi) is 7.00. The van der Waals surface area contributed by atoms with Gasteiger partial charge in [-0.2, -0.15) is 0 Å². The number of hydrogen-bond donors (Lipinski definition) is 0. The van der Waals surface area contributed by atoms with E-state index in [1.54, 1.807) is 0 Å². The molecule has 3 aromatic heterocycles. The monoisotopic (exact) mass is 710 g/mol. The van der Waals surface area contributed by atoms with Crippen LogP contribution in [0.1, 0.15) is 0 Å². The van der Waals surface area contributed by atoms with Crippen LogP contribution in [-0.2, 0) is 0 Å². The third-order valence-corrected chi connectivity index (χ3v) is 11.5. The van der Waals surface area contributed by atoms with E-state index >= 15 is 0 Å². The lowest BCUT2D eigenvalue weighted by atomic mass is 9.98. The highest BCUT2D eigenvalue weighted by molar-refractivity contribution is 7.26. The minimum atomic E-state index is 0.601. The van der Waals surface area contributed by atoms with Crippen molar-refractivity contribution < 1.29 is 8.83 Å². The maximum absolute atomic E-state index is 6.40. The molecule has 0 N–H and O–H groups in total. The number of oxazole rings is 1. The molecule has 0 aliphatic rings. The lowest BCUT2D eigenvalue weighted by Crippen LogP contribution is -2.09. The Hall–Kier alpha value is -6.95. The van der Waals surface area contributed by atoms with Gasteiger partial charge < -0.3 is 13.7 Å². The first-order chi connectivity index (χ1) is 26.7. The van der Waals surface area contributed by atoms with Crippen molar-refractivity contribution in [3.63, 3.8) is 0 Å². The van der Waals surface area contributed by atoms with Crippen LogP contribution in [0.25, 0.3) is 86.9 Å². The summed E-state index contributed by atoms with van der Waals surface area (Å²) in [4.78, 5) is 7.15. The summed E-state index contributed by atoms with van der Waals surface area (Å²) in [5.74, 6) is 0.601.